The number of hydrogen-bond acceptors (Lipinski definition) is 3. The Kier molecular flexibility index (Phi) is 6.19. The number of rotatable bonds is 7. The molecule has 0 unspecified atom stereocenters. The van der Waals surface area contributed by atoms with E-state index >= 15 is 0 Å². The second kappa shape index (κ2) is 7.69. The van der Waals surface area contributed by atoms with Crippen molar-refractivity contribution >= 4 is 11.7 Å². The van der Waals surface area contributed by atoms with Crippen molar-refractivity contribution < 1.29 is 4.79 Å². The van der Waals surface area contributed by atoms with Gasteiger partial charge in [0.2, 0.25) is 0 Å². The molecule has 2 N–H and O–H groups in total. The highest BCUT2D eigenvalue weighted by Gasteiger charge is 2.06. The topological polar surface area (TPSA) is 54.0 Å². The van der Waals surface area contributed by atoms with Gasteiger partial charge in [0.15, 0.2) is 0 Å². The molecule has 18 heavy (non-hydrogen) atoms. The molecule has 4 heteroatoms. The van der Waals surface area contributed by atoms with E-state index in [9.17, 15) is 4.79 Å². The van der Waals surface area contributed by atoms with E-state index in [4.69, 9.17) is 0 Å². The van der Waals surface area contributed by atoms with E-state index in [1.807, 2.05) is 6.07 Å². The van der Waals surface area contributed by atoms with Gasteiger partial charge in [-0.2, -0.15) is 0 Å². The van der Waals surface area contributed by atoms with E-state index in [0.717, 1.165) is 25.2 Å². The Bertz CT molecular complexity index is 360. The number of hydrogen-bond donors (Lipinski definition) is 2. The number of anilines is 1. The van der Waals surface area contributed by atoms with E-state index < -0.39 is 0 Å². The molecule has 0 saturated heterocycles. The Morgan fingerprint density at radius 2 is 2.17 bits per heavy atom. The molecule has 1 rings (SSSR count). The van der Waals surface area contributed by atoms with Crippen LogP contribution in [0.15, 0.2) is 18.3 Å². The van der Waals surface area contributed by atoms with Crippen LogP contribution in [-0.4, -0.2) is 24.0 Å². The average molecular weight is 249 g/mol. The maximum atomic E-state index is 11.7. The van der Waals surface area contributed by atoms with E-state index in [1.165, 1.54) is 0 Å². The van der Waals surface area contributed by atoms with Crippen molar-refractivity contribution in [1.82, 2.24) is 10.3 Å². The summed E-state index contributed by atoms with van der Waals surface area (Å²) < 4.78 is 0. The molecule has 0 saturated carbocycles. The summed E-state index contributed by atoms with van der Waals surface area (Å²) in [5.41, 5.74) is 0.608. The number of carbonyl (C=O) groups is 1. The Balaban J connectivity index is 2.46. The molecular weight excluding hydrogens is 226 g/mol. The highest BCUT2D eigenvalue weighted by molar-refractivity contribution is 5.94. The van der Waals surface area contributed by atoms with Crippen molar-refractivity contribution in [2.24, 2.45) is 5.92 Å². The van der Waals surface area contributed by atoms with E-state index in [0.29, 0.717) is 18.0 Å². The van der Waals surface area contributed by atoms with Crippen LogP contribution in [0.3, 0.4) is 0 Å². The molecule has 0 aromatic carbocycles. The van der Waals surface area contributed by atoms with Gasteiger partial charge in [0, 0.05) is 19.3 Å². The lowest BCUT2D eigenvalue weighted by Crippen LogP contribution is -2.27. The Labute approximate surface area is 109 Å². The molecule has 1 heterocycles. The van der Waals surface area contributed by atoms with Gasteiger partial charge >= 0.3 is 0 Å². The first-order chi connectivity index (χ1) is 8.63. The van der Waals surface area contributed by atoms with Gasteiger partial charge < -0.3 is 10.6 Å². The van der Waals surface area contributed by atoms with E-state index in [1.54, 1.807) is 12.3 Å². The Morgan fingerprint density at radius 3 is 2.72 bits per heavy atom. The smallest absolute Gasteiger partial charge is 0.252 e. The number of aromatic nitrogens is 1. The van der Waals surface area contributed by atoms with Crippen LogP contribution in [0.2, 0.25) is 0 Å². The molecule has 0 aliphatic heterocycles. The summed E-state index contributed by atoms with van der Waals surface area (Å²) in [5.74, 6) is 1.22. The lowest BCUT2D eigenvalue weighted by molar-refractivity contribution is 0.0948. The van der Waals surface area contributed by atoms with Gasteiger partial charge in [-0.3, -0.25) is 4.79 Å². The third kappa shape index (κ3) is 5.17. The van der Waals surface area contributed by atoms with Gasteiger partial charge in [0.1, 0.15) is 5.82 Å². The van der Waals surface area contributed by atoms with Crippen LogP contribution in [-0.2, 0) is 0 Å². The lowest BCUT2D eigenvalue weighted by atomic mass is 10.2. The SMILES string of the molecule is CCCCNc1ccc(C(=O)NCC(C)C)cn1. The minimum atomic E-state index is -0.0590. The van der Waals surface area contributed by atoms with Crippen LogP contribution < -0.4 is 10.6 Å². The molecule has 0 radical (unpaired) electrons. The summed E-state index contributed by atoms with van der Waals surface area (Å²) in [4.78, 5) is 16.0. The molecule has 0 aliphatic carbocycles. The molecule has 0 spiro atoms. The number of pyridine rings is 1. The largest absolute Gasteiger partial charge is 0.370 e. The van der Waals surface area contributed by atoms with Gasteiger partial charge in [0.25, 0.3) is 5.91 Å². The van der Waals surface area contributed by atoms with E-state index in [2.05, 4.69) is 36.4 Å². The number of amides is 1. The summed E-state index contributed by atoms with van der Waals surface area (Å²) in [7, 11) is 0. The van der Waals surface area contributed by atoms with Gasteiger partial charge in [0.05, 0.1) is 5.56 Å². The van der Waals surface area contributed by atoms with Gasteiger partial charge in [-0.05, 0) is 24.5 Å². The van der Waals surface area contributed by atoms with Crippen LogP contribution in [0.1, 0.15) is 44.0 Å². The summed E-state index contributed by atoms with van der Waals surface area (Å²) >= 11 is 0. The van der Waals surface area contributed by atoms with Crippen molar-refractivity contribution in [2.45, 2.75) is 33.6 Å². The first-order valence-corrected chi connectivity index (χ1v) is 6.61. The molecule has 1 amide bonds. The van der Waals surface area contributed by atoms with Crippen LogP contribution >= 0.6 is 0 Å². The quantitative estimate of drug-likeness (QED) is 0.730. The fourth-order valence-electron chi connectivity index (χ4n) is 1.42. The summed E-state index contributed by atoms with van der Waals surface area (Å²) in [6.45, 7) is 7.90. The standard InChI is InChI=1S/C14H23N3O/c1-4-5-8-15-13-7-6-12(10-16-13)14(18)17-9-11(2)3/h6-7,10-11H,4-5,8-9H2,1-3H3,(H,15,16)(H,17,18). The van der Waals surface area contributed by atoms with Gasteiger partial charge in [-0.25, -0.2) is 4.98 Å². The number of unbranched alkanes of at least 4 members (excludes halogenated alkanes) is 1. The zero-order valence-electron chi connectivity index (χ0n) is 11.5. The molecule has 0 atom stereocenters. The highest BCUT2D eigenvalue weighted by atomic mass is 16.1. The zero-order chi connectivity index (χ0) is 13.4. The van der Waals surface area contributed by atoms with Crippen molar-refractivity contribution in [3.8, 4) is 0 Å². The summed E-state index contributed by atoms with van der Waals surface area (Å²) in [6.07, 6.45) is 3.89. The molecule has 0 bridgehead atoms. The Morgan fingerprint density at radius 1 is 1.39 bits per heavy atom. The van der Waals surface area contributed by atoms with Crippen LogP contribution in [0.5, 0.6) is 0 Å². The second-order valence-electron chi connectivity index (χ2n) is 4.82. The van der Waals surface area contributed by atoms with Crippen molar-refractivity contribution in [2.75, 3.05) is 18.4 Å². The van der Waals surface area contributed by atoms with E-state index in [-0.39, 0.29) is 5.91 Å². The van der Waals surface area contributed by atoms with Crippen molar-refractivity contribution in [1.29, 1.82) is 0 Å². The average Bonchev–Trinajstić information content (AvgIpc) is 2.37. The maximum absolute atomic E-state index is 11.7. The number of nitrogens with zero attached hydrogens (tertiary/aromatic N) is 1. The first kappa shape index (κ1) is 14.5. The fraction of sp³-hybridized carbons (Fsp3) is 0.571. The maximum Gasteiger partial charge on any atom is 0.252 e. The van der Waals surface area contributed by atoms with Crippen molar-refractivity contribution in [3.63, 3.8) is 0 Å². The zero-order valence-corrected chi connectivity index (χ0v) is 11.5. The Hall–Kier alpha value is -1.58. The van der Waals surface area contributed by atoms with Gasteiger partial charge in [-0.1, -0.05) is 27.2 Å². The molecule has 1 aromatic heterocycles. The molecule has 0 aliphatic rings. The number of nitrogens with one attached hydrogen (secondary N) is 2. The first-order valence-electron chi connectivity index (χ1n) is 6.61. The van der Waals surface area contributed by atoms with Crippen molar-refractivity contribution in [3.05, 3.63) is 23.9 Å². The van der Waals surface area contributed by atoms with Gasteiger partial charge in [-0.15, -0.1) is 0 Å². The fourth-order valence-corrected chi connectivity index (χ4v) is 1.42. The molecule has 100 valence electrons. The van der Waals surface area contributed by atoms with Crippen LogP contribution in [0.25, 0.3) is 0 Å². The molecule has 0 fully saturated rings. The predicted octanol–water partition coefficient (Wildman–Crippen LogP) is 2.68. The molecule has 1 aromatic rings. The third-order valence-corrected chi connectivity index (χ3v) is 2.53. The number of carbonyl (C=O) groups excluding carboxylic acids is 1. The highest BCUT2D eigenvalue weighted by Crippen LogP contribution is 2.05. The monoisotopic (exact) mass is 249 g/mol. The molecule has 4 nitrogen and oxygen atoms in total. The molecular formula is C14H23N3O. The third-order valence-electron chi connectivity index (χ3n) is 2.53. The normalized spacial score (nSPS) is 10.4. The van der Waals surface area contributed by atoms with Crippen LogP contribution in [0, 0.1) is 5.92 Å². The second-order valence-corrected chi connectivity index (χ2v) is 4.82. The minimum absolute atomic E-state index is 0.0590. The summed E-state index contributed by atoms with van der Waals surface area (Å²) in [6, 6.07) is 3.65. The minimum Gasteiger partial charge on any atom is -0.370 e. The predicted molar refractivity (Wildman–Crippen MR) is 74.8 cm³/mol. The van der Waals surface area contributed by atoms with Crippen LogP contribution in [0.4, 0.5) is 5.82 Å². The summed E-state index contributed by atoms with van der Waals surface area (Å²) in [5, 5.41) is 6.09. The lowest BCUT2D eigenvalue weighted by Gasteiger charge is -2.08.